The first-order valence-electron chi connectivity index (χ1n) is 5.78. The Bertz CT molecular complexity index is 480. The number of nitrogens with one attached hydrogen (secondary N) is 1. The van der Waals surface area contributed by atoms with E-state index in [1.54, 1.807) is 24.3 Å². The summed E-state index contributed by atoms with van der Waals surface area (Å²) in [5, 5.41) is 19.6. The van der Waals surface area contributed by atoms with Gasteiger partial charge in [0.05, 0.1) is 6.42 Å². The van der Waals surface area contributed by atoms with Gasteiger partial charge in [-0.1, -0.05) is 19.1 Å². The van der Waals surface area contributed by atoms with Crippen LogP contribution < -0.4 is 5.32 Å². The number of amides is 1. The lowest BCUT2D eigenvalue weighted by Gasteiger charge is -2.12. The molecular formula is C13H15NO5. The lowest BCUT2D eigenvalue weighted by molar-refractivity contribution is -0.145. The van der Waals surface area contributed by atoms with Gasteiger partial charge in [-0.25, -0.2) is 4.79 Å². The highest BCUT2D eigenvalue weighted by atomic mass is 16.4. The minimum Gasteiger partial charge on any atom is -0.481 e. The van der Waals surface area contributed by atoms with Gasteiger partial charge in [-0.3, -0.25) is 9.59 Å². The molecule has 1 aromatic carbocycles. The predicted molar refractivity (Wildman–Crippen MR) is 67.0 cm³/mol. The van der Waals surface area contributed by atoms with Crippen LogP contribution in [0.2, 0.25) is 0 Å². The maximum absolute atomic E-state index is 11.8. The minimum atomic E-state index is -1.43. The van der Waals surface area contributed by atoms with Gasteiger partial charge in [0.1, 0.15) is 6.04 Å². The maximum atomic E-state index is 11.8. The van der Waals surface area contributed by atoms with Crippen LogP contribution in [-0.4, -0.2) is 34.1 Å². The quantitative estimate of drug-likeness (QED) is 0.709. The van der Waals surface area contributed by atoms with Crippen molar-refractivity contribution in [3.05, 3.63) is 35.4 Å². The fourth-order valence-corrected chi connectivity index (χ4v) is 1.51. The normalized spacial score (nSPS) is 11.6. The number of carbonyl (C=O) groups excluding carboxylic acids is 1. The highest BCUT2D eigenvalue weighted by Gasteiger charge is 2.23. The number of hydrogen-bond donors (Lipinski definition) is 3. The Hall–Kier alpha value is -2.37. The molecule has 3 N–H and O–H groups in total. The zero-order valence-corrected chi connectivity index (χ0v) is 10.4. The van der Waals surface area contributed by atoms with E-state index in [4.69, 9.17) is 10.2 Å². The zero-order valence-electron chi connectivity index (χ0n) is 10.4. The molecule has 0 spiro atoms. The third-order valence-corrected chi connectivity index (χ3v) is 2.61. The van der Waals surface area contributed by atoms with Crippen molar-refractivity contribution in [1.82, 2.24) is 5.32 Å². The predicted octanol–water partition coefficient (Wildman–Crippen LogP) is 0.907. The largest absolute Gasteiger partial charge is 0.481 e. The summed E-state index contributed by atoms with van der Waals surface area (Å²) in [5.74, 6) is -3.26. The van der Waals surface area contributed by atoms with E-state index < -0.39 is 30.3 Å². The number of benzene rings is 1. The summed E-state index contributed by atoms with van der Waals surface area (Å²) < 4.78 is 0. The third kappa shape index (κ3) is 4.42. The number of carboxylic acids is 2. The van der Waals surface area contributed by atoms with Gasteiger partial charge >= 0.3 is 11.9 Å². The van der Waals surface area contributed by atoms with Gasteiger partial charge in [0, 0.05) is 5.56 Å². The maximum Gasteiger partial charge on any atom is 0.326 e. The van der Waals surface area contributed by atoms with Crippen molar-refractivity contribution in [3.63, 3.8) is 0 Å². The van der Waals surface area contributed by atoms with Crippen LogP contribution in [0.3, 0.4) is 0 Å². The van der Waals surface area contributed by atoms with Gasteiger partial charge in [0.15, 0.2) is 0 Å². The molecular weight excluding hydrogens is 250 g/mol. The Morgan fingerprint density at radius 3 is 2.16 bits per heavy atom. The molecule has 0 unspecified atom stereocenters. The summed E-state index contributed by atoms with van der Waals surface area (Å²) in [7, 11) is 0. The number of carbonyl (C=O) groups is 3. The smallest absolute Gasteiger partial charge is 0.326 e. The molecule has 0 aromatic heterocycles. The van der Waals surface area contributed by atoms with Gasteiger partial charge in [-0.2, -0.15) is 0 Å². The van der Waals surface area contributed by atoms with Crippen molar-refractivity contribution in [3.8, 4) is 0 Å². The molecule has 6 heteroatoms. The van der Waals surface area contributed by atoms with Crippen LogP contribution in [0.15, 0.2) is 24.3 Å². The lowest BCUT2D eigenvalue weighted by Crippen LogP contribution is -2.42. The molecule has 102 valence electrons. The van der Waals surface area contributed by atoms with Crippen LogP contribution in [0, 0.1) is 0 Å². The molecule has 1 amide bonds. The molecule has 1 rings (SSSR count). The van der Waals surface area contributed by atoms with E-state index in [2.05, 4.69) is 5.32 Å². The van der Waals surface area contributed by atoms with Crippen molar-refractivity contribution in [1.29, 1.82) is 0 Å². The molecule has 0 radical (unpaired) electrons. The first-order chi connectivity index (χ1) is 8.93. The molecule has 6 nitrogen and oxygen atoms in total. The van der Waals surface area contributed by atoms with Crippen LogP contribution in [-0.2, 0) is 16.0 Å². The lowest BCUT2D eigenvalue weighted by atomic mass is 10.1. The molecule has 19 heavy (non-hydrogen) atoms. The average molecular weight is 265 g/mol. The van der Waals surface area contributed by atoms with E-state index in [0.717, 1.165) is 12.0 Å². The van der Waals surface area contributed by atoms with Crippen molar-refractivity contribution in [2.24, 2.45) is 0 Å². The Morgan fingerprint density at radius 2 is 1.74 bits per heavy atom. The Morgan fingerprint density at radius 1 is 1.16 bits per heavy atom. The number of carboxylic acid groups (broad SMARTS) is 2. The Balaban J connectivity index is 2.75. The number of aliphatic carboxylic acids is 2. The topological polar surface area (TPSA) is 104 Å². The zero-order chi connectivity index (χ0) is 14.4. The van der Waals surface area contributed by atoms with Crippen LogP contribution in [0.25, 0.3) is 0 Å². The van der Waals surface area contributed by atoms with Crippen molar-refractivity contribution in [2.45, 2.75) is 25.8 Å². The van der Waals surface area contributed by atoms with Crippen molar-refractivity contribution >= 4 is 17.8 Å². The first-order valence-corrected chi connectivity index (χ1v) is 5.78. The van der Waals surface area contributed by atoms with Crippen LogP contribution >= 0.6 is 0 Å². The number of hydrogen-bond acceptors (Lipinski definition) is 3. The molecule has 0 saturated heterocycles. The van der Waals surface area contributed by atoms with Gasteiger partial charge in [0.25, 0.3) is 5.91 Å². The second kappa shape index (κ2) is 6.53. The van der Waals surface area contributed by atoms with Gasteiger partial charge in [-0.05, 0) is 24.1 Å². The Labute approximate surface area is 110 Å². The number of rotatable bonds is 6. The SMILES string of the molecule is CCc1ccc(C(=O)N[C@H](CC(=O)O)C(=O)O)cc1. The second-order valence-electron chi connectivity index (χ2n) is 4.01. The highest BCUT2D eigenvalue weighted by Crippen LogP contribution is 2.06. The van der Waals surface area contributed by atoms with E-state index in [1.165, 1.54) is 0 Å². The number of aryl methyl sites for hydroxylation is 1. The summed E-state index contributed by atoms with van der Waals surface area (Å²) in [6.45, 7) is 1.97. The fraction of sp³-hybridized carbons (Fsp3) is 0.308. The fourth-order valence-electron chi connectivity index (χ4n) is 1.51. The van der Waals surface area contributed by atoms with E-state index in [9.17, 15) is 14.4 Å². The highest BCUT2D eigenvalue weighted by molar-refractivity contribution is 5.97. The van der Waals surface area contributed by atoms with E-state index in [0.29, 0.717) is 5.56 Å². The van der Waals surface area contributed by atoms with Crippen LogP contribution in [0.4, 0.5) is 0 Å². The first kappa shape index (κ1) is 14.7. The summed E-state index contributed by atoms with van der Waals surface area (Å²) in [4.78, 5) is 33.1. The second-order valence-corrected chi connectivity index (χ2v) is 4.01. The van der Waals surface area contributed by atoms with Gasteiger partial charge in [-0.15, -0.1) is 0 Å². The molecule has 0 aliphatic heterocycles. The third-order valence-electron chi connectivity index (χ3n) is 2.61. The molecule has 1 atom stereocenters. The molecule has 0 heterocycles. The summed E-state index contributed by atoms with van der Waals surface area (Å²) in [6.07, 6.45) is 0.173. The standard InChI is InChI=1S/C13H15NO5/c1-2-8-3-5-9(6-4-8)12(17)14-10(13(18)19)7-11(15)16/h3-6,10H,2,7H2,1H3,(H,14,17)(H,15,16)(H,18,19)/t10-/m1/s1. The van der Waals surface area contributed by atoms with E-state index in [1.807, 2.05) is 6.92 Å². The summed E-state index contributed by atoms with van der Waals surface area (Å²) in [6, 6.07) is 5.25. The summed E-state index contributed by atoms with van der Waals surface area (Å²) in [5.41, 5.74) is 1.35. The monoisotopic (exact) mass is 265 g/mol. The van der Waals surface area contributed by atoms with E-state index in [-0.39, 0.29) is 0 Å². The van der Waals surface area contributed by atoms with Crippen LogP contribution in [0.1, 0.15) is 29.3 Å². The molecule has 0 aliphatic rings. The van der Waals surface area contributed by atoms with Crippen molar-refractivity contribution in [2.75, 3.05) is 0 Å². The van der Waals surface area contributed by atoms with Crippen LogP contribution in [0.5, 0.6) is 0 Å². The molecule has 0 aliphatic carbocycles. The summed E-state index contributed by atoms with van der Waals surface area (Å²) >= 11 is 0. The van der Waals surface area contributed by atoms with Gasteiger partial charge in [0.2, 0.25) is 0 Å². The molecule has 0 bridgehead atoms. The Kier molecular flexibility index (Phi) is 5.05. The molecule has 0 fully saturated rings. The van der Waals surface area contributed by atoms with E-state index >= 15 is 0 Å². The minimum absolute atomic E-state index is 0.300. The molecule has 1 aromatic rings. The van der Waals surface area contributed by atoms with Crippen molar-refractivity contribution < 1.29 is 24.6 Å². The average Bonchev–Trinajstić information content (AvgIpc) is 2.37. The molecule has 0 saturated carbocycles. The van der Waals surface area contributed by atoms with Gasteiger partial charge < -0.3 is 15.5 Å².